The third kappa shape index (κ3) is 6.36. The van der Waals surface area contributed by atoms with Gasteiger partial charge in [-0.2, -0.15) is 0 Å². The van der Waals surface area contributed by atoms with Crippen molar-refractivity contribution in [2.45, 2.75) is 12.8 Å². The molecule has 3 nitrogen and oxygen atoms in total. The standard InChI is InChI=1S/C11H18N2OS/c1-15(14)10-4-7-12-9-6-11-5-2-3-8-13-11/h2-3,5,8,12H,4,6-7,9-10H2,1H3. The van der Waals surface area contributed by atoms with Crippen LogP contribution in [0.1, 0.15) is 12.1 Å². The third-order valence-electron chi connectivity index (χ3n) is 2.07. The molecule has 1 N–H and O–H groups in total. The van der Waals surface area contributed by atoms with Gasteiger partial charge in [-0.3, -0.25) is 9.19 Å². The summed E-state index contributed by atoms with van der Waals surface area (Å²) in [5.41, 5.74) is 1.11. The minimum atomic E-state index is -0.659. The second-order valence-electron chi connectivity index (χ2n) is 3.45. The topological polar surface area (TPSA) is 42.0 Å². The van der Waals surface area contributed by atoms with Crippen LogP contribution in [0.15, 0.2) is 24.4 Å². The summed E-state index contributed by atoms with van der Waals surface area (Å²) in [7, 11) is -0.659. The van der Waals surface area contributed by atoms with E-state index in [9.17, 15) is 4.21 Å². The zero-order valence-corrected chi connectivity index (χ0v) is 9.93. The minimum Gasteiger partial charge on any atom is -0.316 e. The Morgan fingerprint density at radius 1 is 1.40 bits per heavy atom. The molecular formula is C11H18N2OS. The first kappa shape index (κ1) is 12.3. The van der Waals surface area contributed by atoms with Crippen molar-refractivity contribution < 1.29 is 4.21 Å². The molecule has 0 aromatic carbocycles. The maximum Gasteiger partial charge on any atom is 0.0416 e. The highest BCUT2D eigenvalue weighted by atomic mass is 32.2. The molecule has 15 heavy (non-hydrogen) atoms. The van der Waals surface area contributed by atoms with E-state index in [1.54, 1.807) is 6.26 Å². The molecule has 0 fully saturated rings. The first-order chi connectivity index (χ1) is 7.29. The van der Waals surface area contributed by atoms with Crippen molar-refractivity contribution in [2.75, 3.05) is 25.1 Å². The number of hydrogen-bond acceptors (Lipinski definition) is 3. The molecule has 1 heterocycles. The lowest BCUT2D eigenvalue weighted by atomic mass is 10.3. The van der Waals surface area contributed by atoms with Gasteiger partial charge in [0.1, 0.15) is 0 Å². The second-order valence-corrected chi connectivity index (χ2v) is 5.01. The number of nitrogens with one attached hydrogen (secondary N) is 1. The number of nitrogens with zero attached hydrogens (tertiary/aromatic N) is 1. The normalized spacial score (nSPS) is 12.6. The van der Waals surface area contributed by atoms with Crippen LogP contribution in [-0.2, 0) is 17.2 Å². The van der Waals surface area contributed by atoms with Crippen LogP contribution < -0.4 is 5.32 Å². The van der Waals surface area contributed by atoms with Crippen molar-refractivity contribution in [3.63, 3.8) is 0 Å². The van der Waals surface area contributed by atoms with Gasteiger partial charge in [0.25, 0.3) is 0 Å². The van der Waals surface area contributed by atoms with E-state index >= 15 is 0 Å². The zero-order valence-electron chi connectivity index (χ0n) is 9.11. The molecule has 1 aromatic heterocycles. The molecular weight excluding hydrogens is 208 g/mol. The number of pyridine rings is 1. The molecule has 0 spiro atoms. The molecule has 0 saturated heterocycles. The lowest BCUT2D eigenvalue weighted by molar-refractivity contribution is 0.656. The highest BCUT2D eigenvalue weighted by molar-refractivity contribution is 7.84. The molecule has 0 aliphatic heterocycles. The fourth-order valence-corrected chi connectivity index (χ4v) is 1.84. The summed E-state index contributed by atoms with van der Waals surface area (Å²) in [6.07, 6.45) is 5.49. The maximum absolute atomic E-state index is 10.8. The maximum atomic E-state index is 10.8. The van der Waals surface area contributed by atoms with Gasteiger partial charge in [-0.05, 0) is 25.1 Å². The van der Waals surface area contributed by atoms with Crippen molar-refractivity contribution in [2.24, 2.45) is 0 Å². The van der Waals surface area contributed by atoms with Crippen LogP contribution in [0.5, 0.6) is 0 Å². The summed E-state index contributed by atoms with van der Waals surface area (Å²) < 4.78 is 10.8. The van der Waals surface area contributed by atoms with Crippen LogP contribution in [0.25, 0.3) is 0 Å². The molecule has 0 bridgehead atoms. The Balaban J connectivity index is 2.00. The van der Waals surface area contributed by atoms with Crippen LogP contribution in [0.4, 0.5) is 0 Å². The van der Waals surface area contributed by atoms with E-state index < -0.39 is 10.8 Å². The van der Waals surface area contributed by atoms with Crippen LogP contribution >= 0.6 is 0 Å². The van der Waals surface area contributed by atoms with Gasteiger partial charge in [-0.25, -0.2) is 0 Å². The van der Waals surface area contributed by atoms with Gasteiger partial charge in [0.2, 0.25) is 0 Å². The fraction of sp³-hybridized carbons (Fsp3) is 0.545. The van der Waals surface area contributed by atoms with E-state index in [1.165, 1.54) is 0 Å². The Morgan fingerprint density at radius 2 is 2.27 bits per heavy atom. The molecule has 0 amide bonds. The van der Waals surface area contributed by atoms with Crippen molar-refractivity contribution in [3.8, 4) is 0 Å². The summed E-state index contributed by atoms with van der Waals surface area (Å²) in [6, 6.07) is 5.96. The fourth-order valence-electron chi connectivity index (χ4n) is 1.29. The predicted octanol–water partition coefficient (Wildman–Crippen LogP) is 0.982. The number of rotatable bonds is 7. The SMILES string of the molecule is CS(=O)CCCNCCc1ccccn1. The first-order valence-electron chi connectivity index (χ1n) is 5.19. The van der Waals surface area contributed by atoms with Gasteiger partial charge >= 0.3 is 0 Å². The Morgan fingerprint density at radius 3 is 2.93 bits per heavy atom. The summed E-state index contributed by atoms with van der Waals surface area (Å²) in [5.74, 6) is 0.788. The quantitative estimate of drug-likeness (QED) is 0.705. The van der Waals surface area contributed by atoms with Crippen molar-refractivity contribution in [1.82, 2.24) is 10.3 Å². The van der Waals surface area contributed by atoms with Gasteiger partial charge in [0.15, 0.2) is 0 Å². The van der Waals surface area contributed by atoms with Gasteiger partial charge in [0, 0.05) is 47.7 Å². The van der Waals surface area contributed by atoms with E-state index in [1.807, 2.05) is 24.4 Å². The monoisotopic (exact) mass is 226 g/mol. The van der Waals surface area contributed by atoms with Crippen molar-refractivity contribution in [1.29, 1.82) is 0 Å². The molecule has 1 unspecified atom stereocenters. The summed E-state index contributed by atoms with van der Waals surface area (Å²) in [4.78, 5) is 4.24. The number of aromatic nitrogens is 1. The zero-order chi connectivity index (χ0) is 10.9. The Labute approximate surface area is 93.8 Å². The lowest BCUT2D eigenvalue weighted by Crippen LogP contribution is -2.20. The van der Waals surface area contributed by atoms with Gasteiger partial charge < -0.3 is 5.32 Å². The van der Waals surface area contributed by atoms with Crippen LogP contribution in [0.3, 0.4) is 0 Å². The molecule has 1 atom stereocenters. The Kier molecular flexibility index (Phi) is 6.20. The van der Waals surface area contributed by atoms with Gasteiger partial charge in [0.05, 0.1) is 0 Å². The van der Waals surface area contributed by atoms with E-state index in [2.05, 4.69) is 10.3 Å². The van der Waals surface area contributed by atoms with Crippen LogP contribution in [0.2, 0.25) is 0 Å². The lowest BCUT2D eigenvalue weighted by Gasteiger charge is -2.03. The van der Waals surface area contributed by atoms with Crippen molar-refractivity contribution >= 4 is 10.8 Å². The summed E-state index contributed by atoms with van der Waals surface area (Å²) >= 11 is 0. The molecule has 1 rings (SSSR count). The van der Waals surface area contributed by atoms with E-state index in [4.69, 9.17) is 0 Å². The average molecular weight is 226 g/mol. The molecule has 84 valence electrons. The molecule has 0 aliphatic carbocycles. The van der Waals surface area contributed by atoms with E-state index in [-0.39, 0.29) is 0 Å². The largest absolute Gasteiger partial charge is 0.316 e. The first-order valence-corrected chi connectivity index (χ1v) is 6.92. The highest BCUT2D eigenvalue weighted by Crippen LogP contribution is 1.93. The smallest absolute Gasteiger partial charge is 0.0416 e. The minimum absolute atomic E-state index is 0.659. The van der Waals surface area contributed by atoms with Crippen LogP contribution in [0, 0.1) is 0 Å². The molecule has 0 saturated carbocycles. The van der Waals surface area contributed by atoms with Gasteiger partial charge in [-0.15, -0.1) is 0 Å². The predicted molar refractivity (Wildman–Crippen MR) is 64.4 cm³/mol. The number of hydrogen-bond donors (Lipinski definition) is 1. The van der Waals surface area contributed by atoms with E-state index in [0.717, 1.165) is 37.4 Å². The molecule has 0 radical (unpaired) electrons. The molecule has 0 aliphatic rings. The van der Waals surface area contributed by atoms with Crippen molar-refractivity contribution in [3.05, 3.63) is 30.1 Å². The average Bonchev–Trinajstić information content (AvgIpc) is 2.24. The van der Waals surface area contributed by atoms with Crippen LogP contribution in [-0.4, -0.2) is 34.3 Å². The Hall–Kier alpha value is -0.740. The second kappa shape index (κ2) is 7.54. The third-order valence-corrected chi connectivity index (χ3v) is 2.93. The Bertz CT molecular complexity index is 290. The summed E-state index contributed by atoms with van der Waals surface area (Å²) in [6.45, 7) is 1.87. The molecule has 1 aromatic rings. The summed E-state index contributed by atoms with van der Waals surface area (Å²) in [5, 5.41) is 3.31. The molecule has 4 heteroatoms. The van der Waals surface area contributed by atoms with Gasteiger partial charge in [-0.1, -0.05) is 6.07 Å². The van der Waals surface area contributed by atoms with E-state index in [0.29, 0.717) is 0 Å². The highest BCUT2D eigenvalue weighted by Gasteiger charge is 1.94.